The van der Waals surface area contributed by atoms with E-state index in [0.717, 1.165) is 42.7 Å². The summed E-state index contributed by atoms with van der Waals surface area (Å²) in [7, 11) is 0. The fourth-order valence-corrected chi connectivity index (χ4v) is 4.16. The normalized spacial score (nSPS) is 25.6. The van der Waals surface area contributed by atoms with Gasteiger partial charge in [-0.1, -0.05) is 12.1 Å². The van der Waals surface area contributed by atoms with Crippen LogP contribution in [-0.4, -0.2) is 27.3 Å². The summed E-state index contributed by atoms with van der Waals surface area (Å²) in [4.78, 5) is 15.0. The second kappa shape index (κ2) is 5.32. The zero-order valence-corrected chi connectivity index (χ0v) is 12.8. The van der Waals surface area contributed by atoms with Gasteiger partial charge in [0.2, 0.25) is 5.91 Å². The van der Waals surface area contributed by atoms with Crippen LogP contribution in [0.3, 0.4) is 0 Å². The third-order valence-corrected chi connectivity index (χ3v) is 5.73. The van der Waals surface area contributed by atoms with E-state index in [1.807, 2.05) is 30.0 Å². The maximum atomic E-state index is 12.9. The predicted octanol–water partition coefficient (Wildman–Crippen LogP) is 3.05. The van der Waals surface area contributed by atoms with Crippen molar-refractivity contribution in [1.29, 1.82) is 0 Å². The lowest BCUT2D eigenvalue weighted by molar-refractivity contribution is -0.134. The van der Waals surface area contributed by atoms with Crippen LogP contribution in [-0.2, 0) is 11.3 Å². The maximum absolute atomic E-state index is 12.9. The zero-order chi connectivity index (χ0) is 14.2. The van der Waals surface area contributed by atoms with Crippen molar-refractivity contribution in [2.24, 2.45) is 0 Å². The Balaban J connectivity index is 1.77. The lowest BCUT2D eigenvalue weighted by Gasteiger charge is -2.31. The average molecular weight is 290 g/mol. The van der Waals surface area contributed by atoms with Gasteiger partial charge in [-0.15, -0.1) is 11.8 Å². The van der Waals surface area contributed by atoms with Gasteiger partial charge in [-0.2, -0.15) is 0 Å². The Morgan fingerprint density at radius 1 is 1.50 bits per heavy atom. The molecule has 3 rings (SSSR count). The van der Waals surface area contributed by atoms with E-state index >= 15 is 0 Å². The molecule has 1 aromatic carbocycles. The van der Waals surface area contributed by atoms with Crippen LogP contribution in [0.4, 0.5) is 5.69 Å². The molecule has 1 atom stereocenters. The minimum Gasteiger partial charge on any atom is -0.399 e. The molecule has 1 amide bonds. The van der Waals surface area contributed by atoms with Crippen LogP contribution in [0, 0.1) is 0 Å². The number of hydrogen-bond acceptors (Lipinski definition) is 3. The highest BCUT2D eigenvalue weighted by molar-refractivity contribution is 8.01. The first-order valence-corrected chi connectivity index (χ1v) is 8.36. The topological polar surface area (TPSA) is 46.3 Å². The van der Waals surface area contributed by atoms with Gasteiger partial charge in [-0.05, 0) is 56.1 Å². The second-order valence-electron chi connectivity index (χ2n) is 6.09. The van der Waals surface area contributed by atoms with Crippen LogP contribution < -0.4 is 5.73 Å². The number of nitrogens with zero attached hydrogens (tertiary/aromatic N) is 1. The van der Waals surface area contributed by atoms with Crippen molar-refractivity contribution < 1.29 is 4.79 Å². The van der Waals surface area contributed by atoms with Gasteiger partial charge in [0.15, 0.2) is 0 Å². The van der Waals surface area contributed by atoms with E-state index in [0.29, 0.717) is 18.5 Å². The first-order valence-electron chi connectivity index (χ1n) is 7.38. The number of carbonyl (C=O) groups is 1. The van der Waals surface area contributed by atoms with Crippen molar-refractivity contribution in [3.8, 4) is 0 Å². The van der Waals surface area contributed by atoms with Crippen molar-refractivity contribution >= 4 is 23.4 Å². The van der Waals surface area contributed by atoms with E-state index in [1.54, 1.807) is 0 Å². The van der Waals surface area contributed by atoms with Crippen LogP contribution in [0.1, 0.15) is 38.2 Å². The van der Waals surface area contributed by atoms with Crippen LogP contribution in [0.25, 0.3) is 0 Å². The standard InChI is InChI=1S/C16H22N2OS/c1-16(8-3-9-20-16)15(19)18(14-6-7-14)11-12-4-2-5-13(17)10-12/h2,4-5,10,14H,3,6-9,11,17H2,1H3. The maximum Gasteiger partial charge on any atom is 0.239 e. The molecule has 4 heteroatoms. The molecule has 0 spiro atoms. The molecular formula is C16H22N2OS. The van der Waals surface area contributed by atoms with Crippen LogP contribution in [0.5, 0.6) is 0 Å². The fraction of sp³-hybridized carbons (Fsp3) is 0.562. The molecule has 20 heavy (non-hydrogen) atoms. The van der Waals surface area contributed by atoms with Crippen molar-refractivity contribution in [2.45, 2.75) is 49.9 Å². The molecule has 1 aliphatic carbocycles. The van der Waals surface area contributed by atoms with Crippen LogP contribution in [0.2, 0.25) is 0 Å². The van der Waals surface area contributed by atoms with Gasteiger partial charge >= 0.3 is 0 Å². The number of anilines is 1. The van der Waals surface area contributed by atoms with E-state index in [1.165, 1.54) is 0 Å². The number of thioether (sulfide) groups is 1. The van der Waals surface area contributed by atoms with E-state index in [4.69, 9.17) is 5.73 Å². The van der Waals surface area contributed by atoms with Gasteiger partial charge in [-0.25, -0.2) is 0 Å². The quantitative estimate of drug-likeness (QED) is 0.867. The minimum atomic E-state index is -0.205. The lowest BCUT2D eigenvalue weighted by atomic mass is 10.0. The monoisotopic (exact) mass is 290 g/mol. The van der Waals surface area contributed by atoms with Crippen LogP contribution >= 0.6 is 11.8 Å². The lowest BCUT2D eigenvalue weighted by Crippen LogP contribution is -2.44. The molecule has 1 aromatic rings. The highest BCUT2D eigenvalue weighted by atomic mass is 32.2. The molecule has 1 saturated carbocycles. The molecular weight excluding hydrogens is 268 g/mol. The molecule has 0 bridgehead atoms. The largest absolute Gasteiger partial charge is 0.399 e. The number of benzene rings is 1. The van der Waals surface area contributed by atoms with Crippen LogP contribution in [0.15, 0.2) is 24.3 Å². The summed E-state index contributed by atoms with van der Waals surface area (Å²) in [5.74, 6) is 1.43. The molecule has 2 fully saturated rings. The van der Waals surface area contributed by atoms with Gasteiger partial charge in [-0.3, -0.25) is 4.79 Å². The molecule has 1 unspecified atom stereocenters. The molecule has 2 N–H and O–H groups in total. The minimum absolute atomic E-state index is 0.205. The van der Waals surface area contributed by atoms with Crippen molar-refractivity contribution in [3.63, 3.8) is 0 Å². The fourth-order valence-electron chi connectivity index (χ4n) is 2.89. The summed E-state index contributed by atoms with van der Waals surface area (Å²) in [6.45, 7) is 2.81. The van der Waals surface area contributed by atoms with Gasteiger partial charge in [0.25, 0.3) is 0 Å². The third kappa shape index (κ3) is 2.80. The Bertz CT molecular complexity index is 507. The van der Waals surface area contributed by atoms with Gasteiger partial charge < -0.3 is 10.6 Å². The second-order valence-corrected chi connectivity index (χ2v) is 7.69. The average Bonchev–Trinajstić information content (AvgIpc) is 3.17. The molecule has 1 saturated heterocycles. The Kier molecular flexibility index (Phi) is 3.67. The Labute approximate surface area is 124 Å². The highest BCUT2D eigenvalue weighted by Gasteiger charge is 2.44. The number of rotatable bonds is 4. The molecule has 2 aliphatic rings. The van der Waals surface area contributed by atoms with Gasteiger partial charge in [0.1, 0.15) is 0 Å². The smallest absolute Gasteiger partial charge is 0.239 e. The third-order valence-electron chi connectivity index (χ3n) is 4.22. The number of hydrogen-bond donors (Lipinski definition) is 1. The summed E-state index contributed by atoms with van der Waals surface area (Å²) in [5, 5.41) is 0. The van der Waals surface area contributed by atoms with Crippen molar-refractivity contribution in [2.75, 3.05) is 11.5 Å². The summed E-state index contributed by atoms with van der Waals surface area (Å²) >= 11 is 1.82. The summed E-state index contributed by atoms with van der Waals surface area (Å²) in [5.41, 5.74) is 7.75. The number of nitrogen functional groups attached to an aromatic ring is 1. The number of nitrogens with two attached hydrogens (primary N) is 1. The van der Waals surface area contributed by atoms with Crippen molar-refractivity contribution in [1.82, 2.24) is 4.90 Å². The van der Waals surface area contributed by atoms with Crippen molar-refractivity contribution in [3.05, 3.63) is 29.8 Å². The summed E-state index contributed by atoms with van der Waals surface area (Å²) in [6.07, 6.45) is 4.46. The summed E-state index contributed by atoms with van der Waals surface area (Å²) in [6, 6.07) is 8.34. The molecule has 0 radical (unpaired) electrons. The zero-order valence-electron chi connectivity index (χ0n) is 12.0. The van der Waals surface area contributed by atoms with Gasteiger partial charge in [0.05, 0.1) is 4.75 Å². The highest BCUT2D eigenvalue weighted by Crippen LogP contribution is 2.42. The van der Waals surface area contributed by atoms with E-state index < -0.39 is 0 Å². The van der Waals surface area contributed by atoms with Gasteiger partial charge in [0, 0.05) is 18.3 Å². The predicted molar refractivity (Wildman–Crippen MR) is 84.5 cm³/mol. The van der Waals surface area contributed by atoms with E-state index in [9.17, 15) is 4.79 Å². The SMILES string of the molecule is CC1(C(=O)N(Cc2cccc(N)c2)C2CC2)CCCS1. The Morgan fingerprint density at radius 3 is 2.90 bits per heavy atom. The van der Waals surface area contributed by atoms with E-state index in [2.05, 4.69) is 17.9 Å². The Morgan fingerprint density at radius 2 is 2.30 bits per heavy atom. The number of amides is 1. The molecule has 108 valence electrons. The first-order chi connectivity index (χ1) is 9.58. The molecule has 1 aliphatic heterocycles. The Hall–Kier alpha value is -1.16. The molecule has 1 heterocycles. The number of carbonyl (C=O) groups excluding carboxylic acids is 1. The summed E-state index contributed by atoms with van der Waals surface area (Å²) < 4.78 is -0.205. The molecule has 3 nitrogen and oxygen atoms in total. The first kappa shape index (κ1) is 13.8. The van der Waals surface area contributed by atoms with E-state index in [-0.39, 0.29) is 4.75 Å². The molecule has 0 aromatic heterocycles.